The molecule has 1 amide bonds. The molecule has 1 aromatic rings. The third kappa shape index (κ3) is 4.27. The molecule has 106 valence electrons. The van der Waals surface area contributed by atoms with E-state index in [-0.39, 0.29) is 5.91 Å². The number of amides is 1. The lowest BCUT2D eigenvalue weighted by Crippen LogP contribution is -2.45. The van der Waals surface area contributed by atoms with Crippen molar-refractivity contribution >= 4 is 33.2 Å². The molecule has 1 saturated heterocycles. The maximum absolute atomic E-state index is 10.9. The first-order chi connectivity index (χ1) is 9.06. The van der Waals surface area contributed by atoms with Crippen LogP contribution in [0.4, 0.5) is 0 Å². The molecule has 2 heterocycles. The van der Waals surface area contributed by atoms with Crippen molar-refractivity contribution < 1.29 is 4.79 Å². The number of halogens is 1. The highest BCUT2D eigenvalue weighted by Crippen LogP contribution is 2.29. The average Bonchev–Trinajstić information content (AvgIpc) is 2.77. The van der Waals surface area contributed by atoms with Crippen LogP contribution in [0.15, 0.2) is 15.9 Å². The zero-order valence-electron chi connectivity index (χ0n) is 11.1. The van der Waals surface area contributed by atoms with E-state index in [2.05, 4.69) is 44.5 Å². The Kier molecular flexibility index (Phi) is 5.38. The summed E-state index contributed by atoms with van der Waals surface area (Å²) in [5.41, 5.74) is 5.22. The van der Waals surface area contributed by atoms with E-state index in [1.165, 1.54) is 9.35 Å². The SMILES string of the molecule is CC(NC1CCN(CC(N)=O)CC1)c1sccc1Br. The molecule has 19 heavy (non-hydrogen) atoms. The van der Waals surface area contributed by atoms with E-state index in [0.29, 0.717) is 18.6 Å². The van der Waals surface area contributed by atoms with Crippen LogP contribution in [0, 0.1) is 0 Å². The van der Waals surface area contributed by atoms with Crippen LogP contribution in [-0.4, -0.2) is 36.5 Å². The smallest absolute Gasteiger partial charge is 0.231 e. The number of primary amides is 1. The van der Waals surface area contributed by atoms with Gasteiger partial charge in [0.1, 0.15) is 0 Å². The molecule has 0 aromatic carbocycles. The molecular formula is C13H20BrN3OS. The normalized spacial score (nSPS) is 19.5. The van der Waals surface area contributed by atoms with Crippen LogP contribution in [-0.2, 0) is 4.79 Å². The number of likely N-dealkylation sites (tertiary alicyclic amines) is 1. The van der Waals surface area contributed by atoms with Crippen LogP contribution in [0.25, 0.3) is 0 Å². The molecule has 4 nitrogen and oxygen atoms in total. The number of hydrogen-bond donors (Lipinski definition) is 2. The van der Waals surface area contributed by atoms with Gasteiger partial charge in [-0.3, -0.25) is 9.69 Å². The third-order valence-corrected chi connectivity index (χ3v) is 5.54. The fraction of sp³-hybridized carbons (Fsp3) is 0.615. The lowest BCUT2D eigenvalue weighted by Gasteiger charge is -2.33. The van der Waals surface area contributed by atoms with Crippen molar-refractivity contribution in [3.8, 4) is 0 Å². The molecule has 0 radical (unpaired) electrons. The Bertz CT molecular complexity index is 429. The topological polar surface area (TPSA) is 58.4 Å². The van der Waals surface area contributed by atoms with Crippen LogP contribution in [0.3, 0.4) is 0 Å². The number of piperidine rings is 1. The molecule has 0 spiro atoms. The van der Waals surface area contributed by atoms with Gasteiger partial charge in [-0.25, -0.2) is 0 Å². The summed E-state index contributed by atoms with van der Waals surface area (Å²) in [7, 11) is 0. The van der Waals surface area contributed by atoms with Gasteiger partial charge in [0.05, 0.1) is 6.54 Å². The Hall–Kier alpha value is -0.430. The zero-order valence-corrected chi connectivity index (χ0v) is 13.5. The summed E-state index contributed by atoms with van der Waals surface area (Å²) in [5, 5.41) is 5.78. The molecule has 0 bridgehead atoms. The Morgan fingerprint density at radius 3 is 2.84 bits per heavy atom. The summed E-state index contributed by atoms with van der Waals surface area (Å²) in [4.78, 5) is 14.4. The van der Waals surface area contributed by atoms with Crippen molar-refractivity contribution in [3.63, 3.8) is 0 Å². The van der Waals surface area contributed by atoms with Gasteiger partial charge in [-0.05, 0) is 47.1 Å². The number of nitrogens with zero attached hydrogens (tertiary/aromatic N) is 1. The van der Waals surface area contributed by atoms with Crippen molar-refractivity contribution in [1.29, 1.82) is 0 Å². The van der Waals surface area contributed by atoms with E-state index < -0.39 is 0 Å². The van der Waals surface area contributed by atoms with E-state index in [9.17, 15) is 4.79 Å². The van der Waals surface area contributed by atoms with Crippen LogP contribution in [0.2, 0.25) is 0 Å². The number of rotatable bonds is 5. The minimum absolute atomic E-state index is 0.234. The van der Waals surface area contributed by atoms with Crippen molar-refractivity contribution in [3.05, 3.63) is 20.8 Å². The van der Waals surface area contributed by atoms with E-state index in [1.54, 1.807) is 11.3 Å². The van der Waals surface area contributed by atoms with Gasteiger partial charge in [0.2, 0.25) is 5.91 Å². The highest BCUT2D eigenvalue weighted by Gasteiger charge is 2.22. The second-order valence-corrected chi connectivity index (χ2v) is 6.84. The van der Waals surface area contributed by atoms with E-state index in [1.807, 2.05) is 0 Å². The maximum Gasteiger partial charge on any atom is 0.231 e. The van der Waals surface area contributed by atoms with Crippen LogP contribution >= 0.6 is 27.3 Å². The first kappa shape index (κ1) is 15.0. The number of carbonyl (C=O) groups excluding carboxylic acids is 1. The monoisotopic (exact) mass is 345 g/mol. The van der Waals surface area contributed by atoms with Gasteiger partial charge >= 0.3 is 0 Å². The third-order valence-electron chi connectivity index (χ3n) is 3.49. The minimum atomic E-state index is -0.234. The van der Waals surface area contributed by atoms with Crippen molar-refractivity contribution in [2.45, 2.75) is 31.8 Å². The Labute approximate surface area is 126 Å². The second-order valence-electron chi connectivity index (χ2n) is 5.04. The fourth-order valence-electron chi connectivity index (χ4n) is 2.52. The number of nitrogens with two attached hydrogens (primary N) is 1. The molecule has 1 aliphatic rings. The first-order valence-corrected chi connectivity index (χ1v) is 8.23. The van der Waals surface area contributed by atoms with Crippen molar-refractivity contribution in [2.24, 2.45) is 5.73 Å². The van der Waals surface area contributed by atoms with Crippen molar-refractivity contribution in [1.82, 2.24) is 10.2 Å². The molecule has 2 rings (SSSR count). The van der Waals surface area contributed by atoms with Gasteiger partial charge in [0, 0.05) is 34.5 Å². The van der Waals surface area contributed by atoms with Gasteiger partial charge in [-0.15, -0.1) is 11.3 Å². The number of nitrogens with one attached hydrogen (secondary N) is 1. The predicted octanol–water partition coefficient (Wildman–Crippen LogP) is 2.11. The quantitative estimate of drug-likeness (QED) is 0.859. The summed E-state index contributed by atoms with van der Waals surface area (Å²) in [6, 6.07) is 2.98. The van der Waals surface area contributed by atoms with Gasteiger partial charge in [-0.1, -0.05) is 0 Å². The molecule has 0 aliphatic carbocycles. The molecule has 3 N–H and O–H groups in total. The van der Waals surface area contributed by atoms with E-state index >= 15 is 0 Å². The Morgan fingerprint density at radius 2 is 2.32 bits per heavy atom. The zero-order chi connectivity index (χ0) is 13.8. The summed E-state index contributed by atoms with van der Waals surface area (Å²) in [6.45, 7) is 4.48. The van der Waals surface area contributed by atoms with Gasteiger partial charge in [-0.2, -0.15) is 0 Å². The summed E-state index contributed by atoms with van der Waals surface area (Å²) >= 11 is 5.35. The maximum atomic E-state index is 10.9. The number of carbonyl (C=O) groups is 1. The standard InChI is InChI=1S/C13H20BrN3OS/c1-9(13-11(14)4-7-19-13)16-10-2-5-17(6-3-10)8-12(15)18/h4,7,9-10,16H,2-3,5-6,8H2,1H3,(H2,15,18). The Morgan fingerprint density at radius 1 is 1.63 bits per heavy atom. The largest absolute Gasteiger partial charge is 0.369 e. The first-order valence-electron chi connectivity index (χ1n) is 6.56. The Balaban J connectivity index is 1.79. The number of hydrogen-bond acceptors (Lipinski definition) is 4. The van der Waals surface area contributed by atoms with E-state index in [4.69, 9.17) is 5.73 Å². The van der Waals surface area contributed by atoms with Crippen molar-refractivity contribution in [2.75, 3.05) is 19.6 Å². The average molecular weight is 346 g/mol. The van der Waals surface area contributed by atoms with Gasteiger partial charge in [0.15, 0.2) is 0 Å². The molecule has 1 unspecified atom stereocenters. The van der Waals surface area contributed by atoms with Gasteiger partial charge in [0.25, 0.3) is 0 Å². The predicted molar refractivity (Wildman–Crippen MR) is 82.2 cm³/mol. The second kappa shape index (κ2) is 6.83. The number of thiophene rings is 1. The molecule has 1 aliphatic heterocycles. The molecular weight excluding hydrogens is 326 g/mol. The molecule has 1 fully saturated rings. The van der Waals surface area contributed by atoms with Crippen LogP contribution in [0.1, 0.15) is 30.7 Å². The lowest BCUT2D eigenvalue weighted by molar-refractivity contribution is -0.119. The molecule has 1 atom stereocenters. The van der Waals surface area contributed by atoms with Crippen LogP contribution < -0.4 is 11.1 Å². The lowest BCUT2D eigenvalue weighted by atomic mass is 10.0. The van der Waals surface area contributed by atoms with Gasteiger partial charge < -0.3 is 11.1 Å². The highest BCUT2D eigenvalue weighted by molar-refractivity contribution is 9.10. The highest BCUT2D eigenvalue weighted by atomic mass is 79.9. The summed E-state index contributed by atoms with van der Waals surface area (Å²) in [6.07, 6.45) is 2.14. The molecule has 1 aromatic heterocycles. The fourth-order valence-corrected chi connectivity index (χ4v) is 4.26. The van der Waals surface area contributed by atoms with Crippen LogP contribution in [0.5, 0.6) is 0 Å². The van der Waals surface area contributed by atoms with E-state index in [0.717, 1.165) is 25.9 Å². The molecule has 0 saturated carbocycles. The summed E-state index contributed by atoms with van der Waals surface area (Å²) in [5.74, 6) is -0.234. The minimum Gasteiger partial charge on any atom is -0.369 e. The summed E-state index contributed by atoms with van der Waals surface area (Å²) < 4.78 is 1.18. The molecule has 6 heteroatoms.